The highest BCUT2D eigenvalue weighted by Gasteiger charge is 2.10. The predicted octanol–water partition coefficient (Wildman–Crippen LogP) is 1.35. The van der Waals surface area contributed by atoms with Crippen LogP contribution in [0.3, 0.4) is 0 Å². The lowest BCUT2D eigenvalue weighted by Gasteiger charge is -2.11. The molecule has 1 rings (SSSR count). The summed E-state index contributed by atoms with van der Waals surface area (Å²) in [7, 11) is 0. The van der Waals surface area contributed by atoms with E-state index in [1.165, 1.54) is 12.3 Å². The molecule has 7 heteroatoms. The quantitative estimate of drug-likeness (QED) is 0.738. The van der Waals surface area contributed by atoms with Gasteiger partial charge in [-0.3, -0.25) is 9.59 Å². The molecule has 1 aromatic heterocycles. The fourth-order valence-electron chi connectivity index (χ4n) is 1.41. The van der Waals surface area contributed by atoms with Gasteiger partial charge >= 0.3 is 0 Å². The Hall–Kier alpha value is -1.82. The normalized spacial score (nSPS) is 11.8. The molecule has 0 saturated heterocycles. The number of pyridine rings is 1. The predicted molar refractivity (Wildman–Crippen MR) is 78.5 cm³/mol. The van der Waals surface area contributed by atoms with E-state index in [0.29, 0.717) is 5.56 Å². The van der Waals surface area contributed by atoms with E-state index in [1.807, 2.05) is 13.8 Å². The van der Waals surface area contributed by atoms with Gasteiger partial charge < -0.3 is 16.4 Å². The maximum absolute atomic E-state index is 11.8. The minimum absolute atomic E-state index is 0.0897. The second-order valence-electron chi connectivity index (χ2n) is 4.47. The van der Waals surface area contributed by atoms with Crippen molar-refractivity contribution in [2.45, 2.75) is 32.7 Å². The topological polar surface area (TPSA) is 97.1 Å². The molecular formula is C13H19ClN4O2. The number of hydrogen-bond donors (Lipinski definition) is 3. The maximum atomic E-state index is 11.8. The zero-order valence-corrected chi connectivity index (χ0v) is 12.3. The van der Waals surface area contributed by atoms with Gasteiger partial charge in [0.25, 0.3) is 5.91 Å². The first-order valence-corrected chi connectivity index (χ1v) is 6.80. The molecular weight excluding hydrogens is 280 g/mol. The summed E-state index contributed by atoms with van der Waals surface area (Å²) >= 11 is 5.78. The van der Waals surface area contributed by atoms with Crippen LogP contribution in [0.15, 0.2) is 12.3 Å². The molecule has 2 amide bonds. The first-order chi connectivity index (χ1) is 9.43. The molecule has 1 heterocycles. The lowest BCUT2D eigenvalue weighted by molar-refractivity contribution is -0.121. The van der Waals surface area contributed by atoms with Crippen molar-refractivity contribution in [1.82, 2.24) is 15.6 Å². The van der Waals surface area contributed by atoms with Crippen molar-refractivity contribution in [2.75, 3.05) is 12.3 Å². The molecule has 20 heavy (non-hydrogen) atoms. The van der Waals surface area contributed by atoms with Crippen LogP contribution in [0.4, 0.5) is 5.82 Å². The first kappa shape index (κ1) is 16.2. The molecule has 0 spiro atoms. The van der Waals surface area contributed by atoms with Crippen LogP contribution in [0.5, 0.6) is 0 Å². The van der Waals surface area contributed by atoms with Gasteiger partial charge in [0, 0.05) is 25.2 Å². The van der Waals surface area contributed by atoms with Crippen LogP contribution in [0, 0.1) is 0 Å². The molecule has 4 N–H and O–H groups in total. The van der Waals surface area contributed by atoms with Gasteiger partial charge in [-0.15, -0.1) is 0 Å². The fourth-order valence-corrected chi connectivity index (χ4v) is 1.58. The highest BCUT2D eigenvalue weighted by atomic mass is 35.5. The van der Waals surface area contributed by atoms with Crippen molar-refractivity contribution in [3.8, 4) is 0 Å². The molecule has 0 aliphatic heterocycles. The summed E-state index contributed by atoms with van der Waals surface area (Å²) in [5.41, 5.74) is 5.77. The van der Waals surface area contributed by atoms with E-state index in [0.717, 1.165) is 6.42 Å². The Bertz CT molecular complexity index is 493. The van der Waals surface area contributed by atoms with Crippen molar-refractivity contribution in [3.05, 3.63) is 22.8 Å². The zero-order valence-electron chi connectivity index (χ0n) is 11.6. The summed E-state index contributed by atoms with van der Waals surface area (Å²) in [5.74, 6) is -0.250. The third-order valence-electron chi connectivity index (χ3n) is 2.79. The average Bonchev–Trinajstić information content (AvgIpc) is 2.41. The minimum Gasteiger partial charge on any atom is -0.382 e. The van der Waals surface area contributed by atoms with E-state index in [-0.39, 0.29) is 41.7 Å². The summed E-state index contributed by atoms with van der Waals surface area (Å²) in [4.78, 5) is 27.1. The number of rotatable bonds is 6. The number of nitrogens with two attached hydrogens (primary N) is 1. The molecule has 0 saturated carbocycles. The number of aromatic nitrogens is 1. The maximum Gasteiger partial charge on any atom is 0.252 e. The Balaban J connectivity index is 2.40. The number of carbonyl (C=O) groups excluding carboxylic acids is 2. The van der Waals surface area contributed by atoms with Crippen LogP contribution in [-0.2, 0) is 4.79 Å². The standard InChI is InChI=1S/C13H19ClN4O2/c1-3-8(2)18-11(19)4-5-16-13(20)9-6-10(14)12(15)17-7-9/h6-8H,3-5H2,1-2H3,(H2,15,17)(H,16,20)(H,18,19). The summed E-state index contributed by atoms with van der Waals surface area (Å²) in [6, 6.07) is 1.58. The number of amides is 2. The molecule has 6 nitrogen and oxygen atoms in total. The van der Waals surface area contributed by atoms with Crippen LogP contribution >= 0.6 is 11.6 Å². The highest BCUT2D eigenvalue weighted by molar-refractivity contribution is 6.33. The van der Waals surface area contributed by atoms with E-state index < -0.39 is 0 Å². The van der Waals surface area contributed by atoms with Crippen molar-refractivity contribution in [3.63, 3.8) is 0 Å². The molecule has 0 aromatic carbocycles. The highest BCUT2D eigenvalue weighted by Crippen LogP contribution is 2.16. The van der Waals surface area contributed by atoms with E-state index in [9.17, 15) is 9.59 Å². The number of nitrogens with one attached hydrogen (secondary N) is 2. The van der Waals surface area contributed by atoms with Gasteiger partial charge in [-0.1, -0.05) is 18.5 Å². The molecule has 1 unspecified atom stereocenters. The van der Waals surface area contributed by atoms with Gasteiger partial charge in [0.1, 0.15) is 5.82 Å². The molecule has 0 radical (unpaired) electrons. The van der Waals surface area contributed by atoms with E-state index in [4.69, 9.17) is 17.3 Å². The van der Waals surface area contributed by atoms with Crippen LogP contribution in [0.25, 0.3) is 0 Å². The van der Waals surface area contributed by atoms with Crippen LogP contribution in [0.1, 0.15) is 37.0 Å². The molecule has 1 aromatic rings. The van der Waals surface area contributed by atoms with Crippen molar-refractivity contribution < 1.29 is 9.59 Å². The van der Waals surface area contributed by atoms with Crippen molar-refractivity contribution >= 4 is 29.2 Å². The minimum atomic E-state index is -0.337. The Morgan fingerprint density at radius 1 is 1.50 bits per heavy atom. The summed E-state index contributed by atoms with van der Waals surface area (Å²) in [6.45, 7) is 4.17. The van der Waals surface area contributed by atoms with E-state index in [1.54, 1.807) is 0 Å². The number of nitrogens with zero attached hydrogens (tertiary/aromatic N) is 1. The van der Waals surface area contributed by atoms with Crippen molar-refractivity contribution in [1.29, 1.82) is 0 Å². The number of anilines is 1. The Kier molecular flexibility index (Phi) is 6.24. The largest absolute Gasteiger partial charge is 0.382 e. The molecule has 0 bridgehead atoms. The SMILES string of the molecule is CCC(C)NC(=O)CCNC(=O)c1cnc(N)c(Cl)c1. The molecule has 0 fully saturated rings. The zero-order chi connectivity index (χ0) is 15.1. The number of halogens is 1. The lowest BCUT2D eigenvalue weighted by Crippen LogP contribution is -2.35. The number of carbonyl (C=O) groups is 2. The number of nitrogen functional groups attached to an aromatic ring is 1. The third-order valence-corrected chi connectivity index (χ3v) is 3.09. The second-order valence-corrected chi connectivity index (χ2v) is 4.88. The molecule has 0 aliphatic carbocycles. The van der Waals surface area contributed by atoms with Gasteiger partial charge in [0.2, 0.25) is 5.91 Å². The third kappa shape index (κ3) is 5.05. The Morgan fingerprint density at radius 2 is 2.20 bits per heavy atom. The van der Waals surface area contributed by atoms with Crippen LogP contribution in [0.2, 0.25) is 5.02 Å². The van der Waals surface area contributed by atoms with Gasteiger partial charge in [-0.2, -0.15) is 0 Å². The Labute approximate surface area is 123 Å². The van der Waals surface area contributed by atoms with Gasteiger partial charge in [-0.25, -0.2) is 4.98 Å². The summed E-state index contributed by atoms with van der Waals surface area (Å²) in [5, 5.41) is 5.68. The first-order valence-electron chi connectivity index (χ1n) is 6.42. The monoisotopic (exact) mass is 298 g/mol. The summed E-state index contributed by atoms with van der Waals surface area (Å²) < 4.78 is 0. The number of hydrogen-bond acceptors (Lipinski definition) is 4. The Morgan fingerprint density at radius 3 is 2.80 bits per heavy atom. The fraction of sp³-hybridized carbons (Fsp3) is 0.462. The molecule has 0 aliphatic rings. The van der Waals surface area contributed by atoms with Gasteiger partial charge in [-0.05, 0) is 19.4 Å². The average molecular weight is 299 g/mol. The van der Waals surface area contributed by atoms with E-state index in [2.05, 4.69) is 15.6 Å². The van der Waals surface area contributed by atoms with Crippen molar-refractivity contribution in [2.24, 2.45) is 0 Å². The van der Waals surface area contributed by atoms with E-state index >= 15 is 0 Å². The smallest absolute Gasteiger partial charge is 0.252 e. The van der Waals surface area contributed by atoms with Crippen LogP contribution < -0.4 is 16.4 Å². The lowest BCUT2D eigenvalue weighted by atomic mass is 10.2. The van der Waals surface area contributed by atoms with Crippen LogP contribution in [-0.4, -0.2) is 29.4 Å². The summed E-state index contributed by atoms with van der Waals surface area (Å²) in [6.07, 6.45) is 2.44. The second kappa shape index (κ2) is 7.69. The van der Waals surface area contributed by atoms with Gasteiger partial charge in [0.05, 0.1) is 10.6 Å². The molecule has 1 atom stereocenters. The molecule has 110 valence electrons. The van der Waals surface area contributed by atoms with Gasteiger partial charge in [0.15, 0.2) is 0 Å².